The Hall–Kier alpha value is -2.76. The zero-order chi connectivity index (χ0) is 18.7. The molecule has 2 amide bonds. The molecule has 136 valence electrons. The van der Waals surface area contributed by atoms with Crippen molar-refractivity contribution in [3.8, 4) is 0 Å². The molecule has 2 heterocycles. The van der Waals surface area contributed by atoms with Gasteiger partial charge < -0.3 is 10.2 Å². The molecule has 1 aliphatic rings. The van der Waals surface area contributed by atoms with Gasteiger partial charge in [-0.1, -0.05) is 17.7 Å². The molecule has 0 radical (unpaired) electrons. The molecule has 1 atom stereocenters. The second-order valence-corrected chi connectivity index (χ2v) is 6.75. The van der Waals surface area contributed by atoms with Gasteiger partial charge in [-0.25, -0.2) is 9.97 Å². The fraction of sp³-hybridized carbons (Fsp3) is 0.400. The lowest BCUT2D eigenvalue weighted by molar-refractivity contribution is -0.129. The second kappa shape index (κ2) is 7.64. The van der Waals surface area contributed by atoms with Crippen LogP contribution in [0.25, 0.3) is 0 Å². The van der Waals surface area contributed by atoms with E-state index in [1.165, 1.54) is 0 Å². The Labute approximate surface area is 153 Å². The first-order valence-electron chi connectivity index (χ1n) is 8.90. The van der Waals surface area contributed by atoms with E-state index in [2.05, 4.69) is 15.3 Å². The SMILES string of the molecule is CC(=O)N1CCCC1c1nc(C)ncc1CNC(=O)c1cccc(C)c1. The first-order chi connectivity index (χ1) is 12.5. The van der Waals surface area contributed by atoms with Gasteiger partial charge in [0.05, 0.1) is 11.7 Å². The highest BCUT2D eigenvalue weighted by molar-refractivity contribution is 5.94. The van der Waals surface area contributed by atoms with E-state index in [1.807, 2.05) is 36.9 Å². The number of carbonyl (C=O) groups is 2. The van der Waals surface area contributed by atoms with Gasteiger partial charge in [0.1, 0.15) is 5.82 Å². The van der Waals surface area contributed by atoms with Gasteiger partial charge in [-0.2, -0.15) is 0 Å². The van der Waals surface area contributed by atoms with Crippen LogP contribution < -0.4 is 5.32 Å². The smallest absolute Gasteiger partial charge is 0.251 e. The molecular formula is C20H24N4O2. The normalized spacial score (nSPS) is 16.6. The van der Waals surface area contributed by atoms with Crippen molar-refractivity contribution in [1.29, 1.82) is 0 Å². The highest BCUT2D eigenvalue weighted by Crippen LogP contribution is 2.32. The average Bonchev–Trinajstić information content (AvgIpc) is 3.10. The number of nitrogens with one attached hydrogen (secondary N) is 1. The van der Waals surface area contributed by atoms with Crippen molar-refractivity contribution >= 4 is 11.8 Å². The van der Waals surface area contributed by atoms with E-state index in [-0.39, 0.29) is 17.9 Å². The van der Waals surface area contributed by atoms with Crippen LogP contribution in [0.1, 0.15) is 58.8 Å². The summed E-state index contributed by atoms with van der Waals surface area (Å²) in [5.74, 6) is 0.595. The van der Waals surface area contributed by atoms with Crippen LogP contribution in [0.4, 0.5) is 0 Å². The van der Waals surface area contributed by atoms with Crippen molar-refractivity contribution in [3.05, 3.63) is 58.7 Å². The van der Waals surface area contributed by atoms with Crippen LogP contribution in [0.2, 0.25) is 0 Å². The van der Waals surface area contributed by atoms with E-state index >= 15 is 0 Å². The summed E-state index contributed by atoms with van der Waals surface area (Å²) in [5, 5.41) is 2.95. The number of amides is 2. The number of aromatic nitrogens is 2. The predicted molar refractivity (Wildman–Crippen MR) is 98.5 cm³/mol. The standard InChI is InChI=1S/C20H24N4O2/c1-13-6-4-7-16(10-13)20(26)22-12-17-11-21-14(2)23-19(17)18-8-5-9-24(18)15(3)25/h4,6-7,10-11,18H,5,8-9,12H2,1-3H3,(H,22,26). The molecule has 6 nitrogen and oxygen atoms in total. The molecule has 3 rings (SSSR count). The summed E-state index contributed by atoms with van der Waals surface area (Å²) < 4.78 is 0. The van der Waals surface area contributed by atoms with Crippen LogP contribution >= 0.6 is 0 Å². The van der Waals surface area contributed by atoms with E-state index in [4.69, 9.17) is 0 Å². The largest absolute Gasteiger partial charge is 0.348 e. The van der Waals surface area contributed by atoms with Crippen LogP contribution in [0, 0.1) is 13.8 Å². The molecule has 0 spiro atoms. The van der Waals surface area contributed by atoms with Crippen molar-refractivity contribution in [2.24, 2.45) is 0 Å². The highest BCUT2D eigenvalue weighted by Gasteiger charge is 2.31. The maximum absolute atomic E-state index is 12.4. The number of aryl methyl sites for hydroxylation is 2. The number of likely N-dealkylation sites (tertiary alicyclic amines) is 1. The fourth-order valence-electron chi connectivity index (χ4n) is 3.43. The summed E-state index contributed by atoms with van der Waals surface area (Å²) in [4.78, 5) is 35.1. The molecule has 1 aliphatic heterocycles. The number of carbonyl (C=O) groups excluding carboxylic acids is 2. The van der Waals surface area contributed by atoms with Crippen LogP contribution in [-0.2, 0) is 11.3 Å². The molecule has 1 fully saturated rings. The maximum Gasteiger partial charge on any atom is 0.251 e. The summed E-state index contributed by atoms with van der Waals surface area (Å²) in [6.07, 6.45) is 3.60. The Balaban J connectivity index is 1.80. The Morgan fingerprint density at radius 2 is 2.12 bits per heavy atom. The summed E-state index contributed by atoms with van der Waals surface area (Å²) in [6.45, 7) is 6.47. The zero-order valence-corrected chi connectivity index (χ0v) is 15.5. The van der Waals surface area contributed by atoms with Crippen molar-refractivity contribution in [2.45, 2.75) is 46.2 Å². The summed E-state index contributed by atoms with van der Waals surface area (Å²) in [7, 11) is 0. The van der Waals surface area contributed by atoms with Crippen LogP contribution in [-0.4, -0.2) is 33.2 Å². The first kappa shape index (κ1) is 18.0. The molecule has 1 N–H and O–H groups in total. The highest BCUT2D eigenvalue weighted by atomic mass is 16.2. The van der Waals surface area contributed by atoms with E-state index in [0.717, 1.165) is 36.2 Å². The van der Waals surface area contributed by atoms with Gasteiger partial charge >= 0.3 is 0 Å². The molecule has 1 unspecified atom stereocenters. The number of hydrogen-bond acceptors (Lipinski definition) is 4. The molecule has 26 heavy (non-hydrogen) atoms. The molecular weight excluding hydrogens is 328 g/mol. The van der Waals surface area contributed by atoms with Gasteiger partial charge in [0, 0.05) is 37.3 Å². The molecule has 0 bridgehead atoms. The topological polar surface area (TPSA) is 75.2 Å². The van der Waals surface area contributed by atoms with Gasteiger partial charge in [0.2, 0.25) is 5.91 Å². The molecule has 2 aromatic rings. The average molecular weight is 352 g/mol. The van der Waals surface area contributed by atoms with Crippen molar-refractivity contribution < 1.29 is 9.59 Å². The molecule has 6 heteroatoms. The number of hydrogen-bond donors (Lipinski definition) is 1. The second-order valence-electron chi connectivity index (χ2n) is 6.75. The maximum atomic E-state index is 12.4. The lowest BCUT2D eigenvalue weighted by Crippen LogP contribution is -2.31. The Kier molecular flexibility index (Phi) is 5.30. The Bertz CT molecular complexity index is 834. The monoisotopic (exact) mass is 352 g/mol. The molecule has 1 aromatic heterocycles. The molecule has 0 saturated carbocycles. The van der Waals surface area contributed by atoms with Crippen molar-refractivity contribution in [1.82, 2.24) is 20.2 Å². The van der Waals surface area contributed by atoms with Crippen molar-refractivity contribution in [2.75, 3.05) is 6.54 Å². The van der Waals surface area contributed by atoms with Gasteiger partial charge in [-0.05, 0) is 38.8 Å². The summed E-state index contributed by atoms with van der Waals surface area (Å²) in [6, 6.07) is 7.44. The Morgan fingerprint density at radius 1 is 1.31 bits per heavy atom. The third-order valence-electron chi connectivity index (χ3n) is 4.71. The van der Waals surface area contributed by atoms with Gasteiger partial charge in [-0.15, -0.1) is 0 Å². The quantitative estimate of drug-likeness (QED) is 0.918. The zero-order valence-electron chi connectivity index (χ0n) is 15.5. The van der Waals surface area contributed by atoms with Gasteiger partial charge in [0.25, 0.3) is 5.91 Å². The third-order valence-corrected chi connectivity index (χ3v) is 4.71. The van der Waals surface area contributed by atoms with Gasteiger partial charge in [-0.3, -0.25) is 9.59 Å². The van der Waals surface area contributed by atoms with Crippen molar-refractivity contribution in [3.63, 3.8) is 0 Å². The number of rotatable bonds is 4. The van der Waals surface area contributed by atoms with E-state index in [1.54, 1.807) is 19.2 Å². The predicted octanol–water partition coefficient (Wildman–Crippen LogP) is 2.71. The molecule has 1 aromatic carbocycles. The van der Waals surface area contributed by atoms with Crippen LogP contribution in [0.15, 0.2) is 30.5 Å². The lowest BCUT2D eigenvalue weighted by atomic mass is 10.1. The third kappa shape index (κ3) is 3.90. The fourth-order valence-corrected chi connectivity index (χ4v) is 3.43. The van der Waals surface area contributed by atoms with Crippen LogP contribution in [0.5, 0.6) is 0 Å². The number of benzene rings is 1. The molecule has 1 saturated heterocycles. The number of nitrogens with zero attached hydrogens (tertiary/aromatic N) is 3. The summed E-state index contributed by atoms with van der Waals surface area (Å²) >= 11 is 0. The summed E-state index contributed by atoms with van der Waals surface area (Å²) in [5.41, 5.74) is 3.37. The molecule has 0 aliphatic carbocycles. The van der Waals surface area contributed by atoms with E-state index in [9.17, 15) is 9.59 Å². The van der Waals surface area contributed by atoms with E-state index in [0.29, 0.717) is 17.9 Å². The minimum absolute atomic E-state index is 0.0416. The minimum Gasteiger partial charge on any atom is -0.348 e. The Morgan fingerprint density at radius 3 is 2.85 bits per heavy atom. The minimum atomic E-state index is -0.130. The lowest BCUT2D eigenvalue weighted by Gasteiger charge is -2.25. The van der Waals surface area contributed by atoms with Gasteiger partial charge in [0.15, 0.2) is 0 Å². The van der Waals surface area contributed by atoms with E-state index < -0.39 is 0 Å². The van der Waals surface area contributed by atoms with Crippen LogP contribution in [0.3, 0.4) is 0 Å². The first-order valence-corrected chi connectivity index (χ1v) is 8.90.